The predicted octanol–water partition coefficient (Wildman–Crippen LogP) is 6.97. The minimum Gasteiger partial charge on any atom is -0.458 e. The molecule has 1 amide bonds. The molecule has 8 heteroatoms. The number of halogens is 1. The second-order valence-corrected chi connectivity index (χ2v) is 11.9. The van der Waals surface area contributed by atoms with E-state index in [9.17, 15) is 9.59 Å². The lowest BCUT2D eigenvalue weighted by Gasteiger charge is -2.26. The number of carbonyl (C=O) groups is 2. The van der Waals surface area contributed by atoms with Crippen molar-refractivity contribution < 1.29 is 32.9 Å². The van der Waals surface area contributed by atoms with Crippen LogP contribution in [0, 0.1) is 18.8 Å². The molecule has 1 aromatic carbocycles. The standard InChI is InChI=1S/C30H42FNO6/c1-17-15-23(31)19(3)26-24(36-30(8,9)37-26)13-11-12-21-16-22(32(10)28(34)38-29(5,6)7)14-18(2)25(21)27(33)35-20(17)4/h11-12,14-17,19-20,24,26H,13H2,1-10H3/b12-11?,23-15+/t17-,19-,20+,24+,26-/m1/s1. The molecule has 2 heterocycles. The van der Waals surface area contributed by atoms with E-state index < -0.39 is 41.6 Å². The van der Waals surface area contributed by atoms with Crippen molar-refractivity contribution >= 4 is 23.8 Å². The fourth-order valence-corrected chi connectivity index (χ4v) is 4.66. The van der Waals surface area contributed by atoms with Crippen molar-refractivity contribution in [1.82, 2.24) is 0 Å². The second-order valence-electron chi connectivity index (χ2n) is 11.9. The number of nitrogens with zero attached hydrogens (tertiary/aromatic N) is 1. The van der Waals surface area contributed by atoms with Crippen molar-refractivity contribution in [3.8, 4) is 0 Å². The number of aryl methyl sites for hydroxylation is 1. The highest BCUT2D eigenvalue weighted by molar-refractivity contribution is 5.97. The van der Waals surface area contributed by atoms with E-state index in [1.54, 1.807) is 60.7 Å². The molecule has 7 nitrogen and oxygen atoms in total. The summed E-state index contributed by atoms with van der Waals surface area (Å²) in [5, 5.41) is 0. The maximum absolute atomic E-state index is 15.3. The van der Waals surface area contributed by atoms with Gasteiger partial charge in [0.15, 0.2) is 5.79 Å². The average molecular weight is 532 g/mol. The van der Waals surface area contributed by atoms with Gasteiger partial charge in [0.2, 0.25) is 0 Å². The van der Waals surface area contributed by atoms with E-state index in [1.807, 2.05) is 32.9 Å². The molecule has 1 aromatic rings. The molecule has 0 unspecified atom stereocenters. The quantitative estimate of drug-likeness (QED) is 0.364. The number of benzene rings is 1. The van der Waals surface area contributed by atoms with E-state index in [0.29, 0.717) is 28.8 Å². The summed E-state index contributed by atoms with van der Waals surface area (Å²) in [6.45, 7) is 16.2. The first-order valence-electron chi connectivity index (χ1n) is 13.2. The van der Waals surface area contributed by atoms with Crippen LogP contribution in [0.4, 0.5) is 14.9 Å². The topological polar surface area (TPSA) is 74.3 Å². The Bertz CT molecular complexity index is 1120. The van der Waals surface area contributed by atoms with Gasteiger partial charge in [-0.25, -0.2) is 14.0 Å². The fourth-order valence-electron chi connectivity index (χ4n) is 4.66. The summed E-state index contributed by atoms with van der Waals surface area (Å²) in [6.07, 6.45) is 3.71. The highest BCUT2D eigenvalue weighted by Crippen LogP contribution is 2.38. The maximum atomic E-state index is 15.3. The monoisotopic (exact) mass is 531 g/mol. The van der Waals surface area contributed by atoms with Gasteiger partial charge in [0.05, 0.1) is 17.8 Å². The lowest BCUT2D eigenvalue weighted by molar-refractivity contribution is -0.149. The van der Waals surface area contributed by atoms with Crippen LogP contribution in [0.5, 0.6) is 0 Å². The molecular weight excluding hydrogens is 489 g/mol. The van der Waals surface area contributed by atoms with Crippen LogP contribution in [0.2, 0.25) is 0 Å². The van der Waals surface area contributed by atoms with Crippen LogP contribution in [-0.2, 0) is 18.9 Å². The van der Waals surface area contributed by atoms with Crippen LogP contribution in [0.3, 0.4) is 0 Å². The van der Waals surface area contributed by atoms with Crippen molar-refractivity contribution in [2.24, 2.45) is 11.8 Å². The van der Waals surface area contributed by atoms with Crippen LogP contribution in [0.15, 0.2) is 30.1 Å². The van der Waals surface area contributed by atoms with Crippen molar-refractivity contribution in [3.63, 3.8) is 0 Å². The number of anilines is 1. The first kappa shape index (κ1) is 29.8. The summed E-state index contributed by atoms with van der Waals surface area (Å²) in [5.74, 6) is -2.57. The molecule has 1 saturated heterocycles. The number of carbonyl (C=O) groups excluding carboxylic acids is 2. The van der Waals surface area contributed by atoms with Gasteiger partial charge in [0.25, 0.3) is 0 Å². The molecule has 0 spiro atoms. The SMILES string of the molecule is Cc1cc(N(C)C(=O)OC(C)(C)C)cc2c1C(=O)O[C@@H](C)[C@H](C)/C=C(/F)[C@@H](C)[C@H]1OC(C)(C)O[C@H]1CC=C2. The van der Waals surface area contributed by atoms with Crippen molar-refractivity contribution in [2.75, 3.05) is 11.9 Å². The summed E-state index contributed by atoms with van der Waals surface area (Å²) in [4.78, 5) is 27.5. The zero-order valence-corrected chi connectivity index (χ0v) is 24.3. The summed E-state index contributed by atoms with van der Waals surface area (Å²) in [6, 6.07) is 3.52. The number of hydrogen-bond acceptors (Lipinski definition) is 6. The largest absolute Gasteiger partial charge is 0.458 e. The lowest BCUT2D eigenvalue weighted by Crippen LogP contribution is -2.34. The Morgan fingerprint density at radius 3 is 2.45 bits per heavy atom. The third kappa shape index (κ3) is 7.03. The molecule has 5 atom stereocenters. The Morgan fingerprint density at radius 1 is 1.16 bits per heavy atom. The number of fused-ring (bicyclic) bond motifs is 2. The molecule has 2 aliphatic rings. The number of rotatable bonds is 1. The Balaban J connectivity index is 2.06. The molecule has 0 radical (unpaired) electrons. The van der Waals surface area contributed by atoms with Crippen molar-refractivity contribution in [3.05, 3.63) is 46.8 Å². The smallest absolute Gasteiger partial charge is 0.414 e. The molecular formula is C30H42FNO6. The Labute approximate surface area is 226 Å². The highest BCUT2D eigenvalue weighted by Gasteiger charge is 2.44. The average Bonchev–Trinajstić information content (AvgIpc) is 3.09. The summed E-state index contributed by atoms with van der Waals surface area (Å²) < 4.78 is 38.8. The van der Waals surface area contributed by atoms with E-state index >= 15 is 4.39 Å². The number of hydrogen-bond donors (Lipinski definition) is 0. The van der Waals surface area contributed by atoms with Gasteiger partial charge in [-0.3, -0.25) is 4.90 Å². The van der Waals surface area contributed by atoms with Gasteiger partial charge < -0.3 is 18.9 Å². The molecule has 0 aromatic heterocycles. The van der Waals surface area contributed by atoms with Gasteiger partial charge in [-0.2, -0.15) is 0 Å². The van der Waals surface area contributed by atoms with E-state index in [2.05, 4.69) is 0 Å². The molecule has 0 bridgehead atoms. The van der Waals surface area contributed by atoms with Crippen molar-refractivity contribution in [2.45, 2.75) is 98.4 Å². The summed E-state index contributed by atoms with van der Waals surface area (Å²) in [7, 11) is 1.63. The van der Waals surface area contributed by atoms with Crippen molar-refractivity contribution in [1.29, 1.82) is 0 Å². The number of cyclic esters (lactones) is 1. The summed E-state index contributed by atoms with van der Waals surface area (Å²) >= 11 is 0. The van der Waals surface area contributed by atoms with Gasteiger partial charge >= 0.3 is 12.1 Å². The van der Waals surface area contributed by atoms with Crippen LogP contribution < -0.4 is 4.90 Å². The molecule has 0 saturated carbocycles. The third-order valence-corrected chi connectivity index (χ3v) is 6.88. The molecule has 2 aliphatic heterocycles. The van der Waals surface area contributed by atoms with Gasteiger partial charge in [-0.05, 0) is 84.2 Å². The van der Waals surface area contributed by atoms with Crippen LogP contribution in [0.1, 0.15) is 83.3 Å². The third-order valence-electron chi connectivity index (χ3n) is 6.88. The number of amides is 1. The Kier molecular flexibility index (Phi) is 8.78. The van der Waals surface area contributed by atoms with E-state index in [1.165, 1.54) is 11.0 Å². The molecule has 0 aliphatic carbocycles. The van der Waals surface area contributed by atoms with Gasteiger partial charge in [-0.1, -0.05) is 26.0 Å². The Hall–Kier alpha value is -2.71. The number of esters is 1. The molecule has 38 heavy (non-hydrogen) atoms. The highest BCUT2D eigenvalue weighted by atomic mass is 19.1. The molecule has 210 valence electrons. The zero-order valence-electron chi connectivity index (χ0n) is 24.3. The van der Waals surface area contributed by atoms with Gasteiger partial charge in [0, 0.05) is 24.6 Å². The molecule has 1 fully saturated rings. The Morgan fingerprint density at radius 2 is 1.82 bits per heavy atom. The van der Waals surface area contributed by atoms with Crippen LogP contribution >= 0.6 is 0 Å². The van der Waals surface area contributed by atoms with Crippen LogP contribution in [-0.4, -0.2) is 48.8 Å². The minimum absolute atomic E-state index is 0.316. The van der Waals surface area contributed by atoms with E-state index in [-0.39, 0.29) is 17.8 Å². The fraction of sp³-hybridized carbons (Fsp3) is 0.600. The van der Waals surface area contributed by atoms with Gasteiger partial charge in [-0.15, -0.1) is 0 Å². The van der Waals surface area contributed by atoms with E-state index in [4.69, 9.17) is 18.9 Å². The number of ether oxygens (including phenoxy) is 4. The van der Waals surface area contributed by atoms with Gasteiger partial charge in [0.1, 0.15) is 17.5 Å². The lowest BCUT2D eigenvalue weighted by atomic mass is 9.93. The van der Waals surface area contributed by atoms with Crippen LogP contribution in [0.25, 0.3) is 6.08 Å². The molecule has 0 N–H and O–H groups in total. The zero-order chi connectivity index (χ0) is 28.6. The van der Waals surface area contributed by atoms with E-state index in [0.717, 1.165) is 0 Å². The first-order chi connectivity index (χ1) is 17.5. The first-order valence-corrected chi connectivity index (χ1v) is 13.2. The minimum atomic E-state index is -0.846. The summed E-state index contributed by atoms with van der Waals surface area (Å²) in [5.41, 5.74) is 1.56. The second kappa shape index (κ2) is 11.2. The maximum Gasteiger partial charge on any atom is 0.414 e. The molecule has 3 rings (SSSR count). The normalized spacial score (nSPS) is 29.3. The predicted molar refractivity (Wildman–Crippen MR) is 146 cm³/mol.